The van der Waals surface area contributed by atoms with E-state index in [1.165, 1.54) is 0 Å². The quantitative estimate of drug-likeness (QED) is 0.571. The van der Waals surface area contributed by atoms with Gasteiger partial charge in [0.1, 0.15) is 5.60 Å². The highest BCUT2D eigenvalue weighted by atomic mass is 16.8. The smallest absolute Gasteiger partial charge is 0.163 e. The Morgan fingerprint density at radius 2 is 2.08 bits per heavy atom. The zero-order valence-electron chi connectivity index (χ0n) is 7.37. The molecule has 0 aromatic carbocycles. The molecule has 0 aliphatic carbocycles. The minimum absolute atomic E-state index is 0.400. The molecule has 0 saturated carbocycles. The fourth-order valence-corrected chi connectivity index (χ4v) is 1.74. The second kappa shape index (κ2) is 2.42. The minimum atomic E-state index is -0.692. The Kier molecular flexibility index (Phi) is 1.70. The summed E-state index contributed by atoms with van der Waals surface area (Å²) in [7, 11) is 0. The van der Waals surface area contributed by atoms with E-state index >= 15 is 0 Å². The lowest BCUT2D eigenvalue weighted by Gasteiger charge is -2.22. The predicted octanol–water partition coefficient (Wildman–Crippen LogP) is 0.247. The molecule has 0 radical (unpaired) electrons. The first-order valence-electron chi connectivity index (χ1n) is 4.15. The van der Waals surface area contributed by atoms with Crippen LogP contribution in [0.25, 0.3) is 0 Å². The largest absolute Gasteiger partial charge is 0.368 e. The van der Waals surface area contributed by atoms with Crippen LogP contribution in [0.15, 0.2) is 0 Å². The monoisotopic (exact) mass is 174 g/mol. The summed E-state index contributed by atoms with van der Waals surface area (Å²) in [6, 6.07) is 0. The zero-order valence-corrected chi connectivity index (χ0v) is 7.37. The Morgan fingerprint density at radius 1 is 1.33 bits per heavy atom. The van der Waals surface area contributed by atoms with Crippen LogP contribution in [0.4, 0.5) is 0 Å². The van der Waals surface area contributed by atoms with Gasteiger partial charge in [-0.15, -0.1) is 0 Å². The molecular weight excluding hydrogens is 160 g/mol. The summed E-state index contributed by atoms with van der Waals surface area (Å²) in [6.45, 7) is 4.67. The Hall–Kier alpha value is -0.160. The molecule has 0 amide bonds. The van der Waals surface area contributed by atoms with Gasteiger partial charge in [0, 0.05) is 6.42 Å². The van der Waals surface area contributed by atoms with Gasteiger partial charge in [-0.1, -0.05) is 0 Å². The molecule has 2 unspecified atom stereocenters. The average molecular weight is 174 g/mol. The molecule has 1 spiro atoms. The van der Waals surface area contributed by atoms with Gasteiger partial charge in [-0.2, -0.15) is 0 Å². The SMILES string of the molecule is CC1(C)OCC2(COC(O)C2)O1. The van der Waals surface area contributed by atoms with E-state index in [4.69, 9.17) is 19.3 Å². The molecule has 0 aromatic rings. The second-order valence-corrected chi connectivity index (χ2v) is 3.94. The summed E-state index contributed by atoms with van der Waals surface area (Å²) in [5.41, 5.74) is -0.400. The van der Waals surface area contributed by atoms with Crippen molar-refractivity contribution >= 4 is 0 Å². The van der Waals surface area contributed by atoms with Gasteiger partial charge in [-0.25, -0.2) is 0 Å². The molecule has 2 rings (SSSR count). The van der Waals surface area contributed by atoms with Crippen molar-refractivity contribution < 1.29 is 19.3 Å². The Bertz CT molecular complexity index is 191. The van der Waals surface area contributed by atoms with Crippen LogP contribution in [-0.4, -0.2) is 36.0 Å². The average Bonchev–Trinajstić information content (AvgIpc) is 2.41. The first-order chi connectivity index (χ1) is 5.52. The first kappa shape index (κ1) is 8.44. The van der Waals surface area contributed by atoms with Crippen LogP contribution in [0.1, 0.15) is 20.3 Å². The van der Waals surface area contributed by atoms with E-state index in [1.807, 2.05) is 13.8 Å². The molecule has 2 fully saturated rings. The van der Waals surface area contributed by atoms with Crippen LogP contribution in [0.2, 0.25) is 0 Å². The maximum atomic E-state index is 9.17. The molecule has 0 aromatic heterocycles. The fourth-order valence-electron chi connectivity index (χ4n) is 1.74. The van der Waals surface area contributed by atoms with Crippen molar-refractivity contribution in [3.05, 3.63) is 0 Å². The Morgan fingerprint density at radius 3 is 2.50 bits per heavy atom. The lowest BCUT2D eigenvalue weighted by atomic mass is 10.1. The van der Waals surface area contributed by atoms with Crippen molar-refractivity contribution in [2.24, 2.45) is 0 Å². The molecule has 1 N–H and O–H groups in total. The molecular formula is C8H14O4. The summed E-state index contributed by atoms with van der Waals surface area (Å²) < 4.78 is 16.1. The number of hydrogen-bond donors (Lipinski definition) is 1. The summed E-state index contributed by atoms with van der Waals surface area (Å²) in [5, 5.41) is 9.17. The third-order valence-corrected chi connectivity index (χ3v) is 2.23. The van der Waals surface area contributed by atoms with Crippen LogP contribution >= 0.6 is 0 Å². The Balaban J connectivity index is 2.06. The summed E-state index contributed by atoms with van der Waals surface area (Å²) in [5.74, 6) is -0.534. The van der Waals surface area contributed by atoms with Crippen LogP contribution < -0.4 is 0 Å². The molecule has 0 bridgehead atoms. The van der Waals surface area contributed by atoms with Crippen LogP contribution in [-0.2, 0) is 14.2 Å². The molecule has 2 atom stereocenters. The van der Waals surface area contributed by atoms with Gasteiger partial charge >= 0.3 is 0 Å². The molecule has 2 heterocycles. The number of hydrogen-bond acceptors (Lipinski definition) is 4. The number of ether oxygens (including phenoxy) is 3. The molecule has 70 valence electrons. The topological polar surface area (TPSA) is 47.9 Å². The van der Waals surface area contributed by atoms with E-state index in [9.17, 15) is 0 Å². The second-order valence-electron chi connectivity index (χ2n) is 3.94. The summed E-state index contributed by atoms with van der Waals surface area (Å²) >= 11 is 0. The number of aliphatic hydroxyl groups is 1. The standard InChI is InChI=1S/C8H14O4/c1-7(2)11-5-8(12-7)3-6(9)10-4-8/h6,9H,3-5H2,1-2H3. The predicted molar refractivity (Wildman–Crippen MR) is 40.4 cm³/mol. The third-order valence-electron chi connectivity index (χ3n) is 2.23. The van der Waals surface area contributed by atoms with Gasteiger partial charge in [-0.05, 0) is 13.8 Å². The third kappa shape index (κ3) is 1.35. The summed E-state index contributed by atoms with van der Waals surface area (Å²) in [6.07, 6.45) is -0.182. The number of rotatable bonds is 0. The van der Waals surface area contributed by atoms with Gasteiger partial charge < -0.3 is 19.3 Å². The van der Waals surface area contributed by atoms with E-state index in [0.717, 1.165) is 0 Å². The minimum Gasteiger partial charge on any atom is -0.368 e. The molecule has 2 aliphatic rings. The van der Waals surface area contributed by atoms with Gasteiger partial charge in [0.2, 0.25) is 0 Å². The molecule has 12 heavy (non-hydrogen) atoms. The van der Waals surface area contributed by atoms with Crippen molar-refractivity contribution in [2.45, 2.75) is 37.9 Å². The van der Waals surface area contributed by atoms with Crippen LogP contribution in [0, 0.1) is 0 Å². The van der Waals surface area contributed by atoms with Gasteiger partial charge in [0.15, 0.2) is 12.1 Å². The van der Waals surface area contributed by atoms with E-state index in [-0.39, 0.29) is 0 Å². The van der Waals surface area contributed by atoms with E-state index < -0.39 is 17.7 Å². The van der Waals surface area contributed by atoms with E-state index in [0.29, 0.717) is 19.6 Å². The molecule has 4 heteroatoms. The maximum Gasteiger partial charge on any atom is 0.163 e. The molecule has 2 aliphatic heterocycles. The van der Waals surface area contributed by atoms with Crippen molar-refractivity contribution in [3.8, 4) is 0 Å². The normalized spacial score (nSPS) is 45.8. The highest BCUT2D eigenvalue weighted by molar-refractivity contribution is 4.92. The van der Waals surface area contributed by atoms with Gasteiger partial charge in [-0.3, -0.25) is 0 Å². The highest BCUT2D eigenvalue weighted by Crippen LogP contribution is 2.38. The number of aliphatic hydroxyl groups excluding tert-OH is 1. The van der Waals surface area contributed by atoms with E-state index in [1.54, 1.807) is 0 Å². The van der Waals surface area contributed by atoms with Crippen molar-refractivity contribution in [1.29, 1.82) is 0 Å². The van der Waals surface area contributed by atoms with Crippen LogP contribution in [0.5, 0.6) is 0 Å². The summed E-state index contributed by atoms with van der Waals surface area (Å²) in [4.78, 5) is 0. The van der Waals surface area contributed by atoms with E-state index in [2.05, 4.69) is 0 Å². The van der Waals surface area contributed by atoms with Crippen molar-refractivity contribution in [3.63, 3.8) is 0 Å². The lowest BCUT2D eigenvalue weighted by Crippen LogP contribution is -2.34. The first-order valence-corrected chi connectivity index (χ1v) is 4.15. The highest BCUT2D eigenvalue weighted by Gasteiger charge is 2.50. The zero-order chi connectivity index (χ0) is 8.82. The Labute approximate surface area is 71.4 Å². The van der Waals surface area contributed by atoms with Crippen molar-refractivity contribution in [1.82, 2.24) is 0 Å². The van der Waals surface area contributed by atoms with Crippen molar-refractivity contribution in [2.75, 3.05) is 13.2 Å². The van der Waals surface area contributed by atoms with Gasteiger partial charge in [0.25, 0.3) is 0 Å². The molecule has 2 saturated heterocycles. The van der Waals surface area contributed by atoms with Gasteiger partial charge in [0.05, 0.1) is 13.2 Å². The molecule has 4 nitrogen and oxygen atoms in total. The van der Waals surface area contributed by atoms with Crippen LogP contribution in [0.3, 0.4) is 0 Å². The fraction of sp³-hybridized carbons (Fsp3) is 1.00. The lowest BCUT2D eigenvalue weighted by molar-refractivity contribution is -0.160. The maximum absolute atomic E-state index is 9.17.